The molecule has 1 N–H and O–H groups in total. The van der Waals surface area contributed by atoms with Crippen LogP contribution in [0.4, 0.5) is 23.2 Å². The Hall–Kier alpha value is -2.20. The van der Waals surface area contributed by atoms with Crippen LogP contribution in [0.5, 0.6) is 0 Å². The summed E-state index contributed by atoms with van der Waals surface area (Å²) in [6.45, 7) is 0.785. The third-order valence-corrected chi connectivity index (χ3v) is 6.01. The summed E-state index contributed by atoms with van der Waals surface area (Å²) in [4.78, 5) is 2.58. The lowest BCUT2D eigenvalue weighted by Gasteiger charge is -2.16. The van der Waals surface area contributed by atoms with E-state index in [0.29, 0.717) is 18.7 Å². The highest BCUT2D eigenvalue weighted by Crippen LogP contribution is 2.24. The monoisotopic (exact) mass is 389 g/mol. The average molecular weight is 389 g/mol. The molecule has 0 atom stereocenters. The van der Waals surface area contributed by atoms with E-state index in [1.165, 1.54) is 28.6 Å². The lowest BCUT2D eigenvalue weighted by Crippen LogP contribution is -2.27. The van der Waals surface area contributed by atoms with Gasteiger partial charge in [-0.05, 0) is 30.5 Å². The molecule has 0 aliphatic carbocycles. The molecule has 140 valence electrons. The lowest BCUT2D eigenvalue weighted by atomic mass is 10.2. The largest absolute Gasteiger partial charge is 0.376 e. The van der Waals surface area contributed by atoms with E-state index < -0.39 is 39.2 Å². The van der Waals surface area contributed by atoms with E-state index in [9.17, 15) is 26.0 Å². The van der Waals surface area contributed by atoms with Crippen LogP contribution in [-0.2, 0) is 16.6 Å². The minimum Gasteiger partial charge on any atom is -0.376 e. The first kappa shape index (κ1) is 18.6. The van der Waals surface area contributed by atoms with Gasteiger partial charge in [0.15, 0.2) is 0 Å². The summed E-state index contributed by atoms with van der Waals surface area (Å²) in [5, 5.41) is 2.26. The van der Waals surface area contributed by atoms with Crippen LogP contribution < -0.4 is 5.32 Å². The maximum absolute atomic E-state index is 13.5. The van der Waals surface area contributed by atoms with Crippen LogP contribution in [-0.4, -0.2) is 30.8 Å². The van der Waals surface area contributed by atoms with Crippen molar-refractivity contribution < 1.29 is 26.0 Å². The van der Waals surface area contributed by atoms with Crippen molar-refractivity contribution in [3.05, 3.63) is 53.4 Å². The molecule has 10 heteroatoms. The summed E-state index contributed by atoms with van der Waals surface area (Å²) in [6, 6.07) is 5.68. The van der Waals surface area contributed by atoms with Gasteiger partial charge in [0.25, 0.3) is 11.9 Å². The molecular formula is C16H15F4N3O2S. The Labute approximate surface area is 147 Å². The zero-order valence-electron chi connectivity index (χ0n) is 13.5. The molecule has 2 heterocycles. The van der Waals surface area contributed by atoms with E-state index in [-0.39, 0.29) is 11.4 Å². The van der Waals surface area contributed by atoms with Gasteiger partial charge in [0.05, 0.1) is 4.90 Å². The number of benzene rings is 1. The Kier molecular flexibility index (Phi) is 5.15. The highest BCUT2D eigenvalue weighted by molar-refractivity contribution is 7.89. The van der Waals surface area contributed by atoms with Gasteiger partial charge in [0.1, 0.15) is 5.69 Å². The van der Waals surface area contributed by atoms with Gasteiger partial charge in [-0.25, -0.2) is 8.42 Å². The van der Waals surface area contributed by atoms with Gasteiger partial charge in [-0.2, -0.15) is 26.9 Å². The molecule has 0 bridgehead atoms. The topological polar surface area (TPSA) is 62.3 Å². The van der Waals surface area contributed by atoms with Crippen molar-refractivity contribution in [3.63, 3.8) is 0 Å². The molecular weight excluding hydrogens is 374 g/mol. The molecule has 1 aromatic heterocycles. The number of nitrogens with one attached hydrogen (secondary N) is 1. The Morgan fingerprint density at radius 2 is 1.50 bits per heavy atom. The highest BCUT2D eigenvalue weighted by Gasteiger charge is 2.27. The number of hydrogen-bond donors (Lipinski definition) is 1. The van der Waals surface area contributed by atoms with Crippen LogP contribution in [0.25, 0.3) is 0 Å². The Morgan fingerprint density at radius 1 is 0.962 bits per heavy atom. The van der Waals surface area contributed by atoms with Gasteiger partial charge in [0, 0.05) is 19.6 Å². The fourth-order valence-corrected chi connectivity index (χ4v) is 4.21. The molecule has 1 aromatic carbocycles. The summed E-state index contributed by atoms with van der Waals surface area (Å²) < 4.78 is 79.5. The SMILES string of the molecule is O=S(=O)(c1ccc(CNc2c(F)c(F)nc(F)c2F)cc1)N1CCCC1. The molecule has 2 aromatic rings. The average Bonchev–Trinajstić information content (AvgIpc) is 3.16. The second kappa shape index (κ2) is 7.20. The van der Waals surface area contributed by atoms with Gasteiger partial charge < -0.3 is 5.32 Å². The Morgan fingerprint density at radius 3 is 2.04 bits per heavy atom. The molecule has 0 unspecified atom stereocenters. The minimum absolute atomic E-state index is 0.113. The zero-order chi connectivity index (χ0) is 18.9. The smallest absolute Gasteiger partial charge is 0.253 e. The first-order valence-electron chi connectivity index (χ1n) is 7.83. The third-order valence-electron chi connectivity index (χ3n) is 4.09. The summed E-state index contributed by atoms with van der Waals surface area (Å²) in [7, 11) is -3.56. The quantitative estimate of drug-likeness (QED) is 0.631. The second-order valence-corrected chi connectivity index (χ2v) is 7.74. The molecule has 1 fully saturated rings. The minimum atomic E-state index is -3.56. The van der Waals surface area contributed by atoms with E-state index in [1.807, 2.05) is 0 Å². The predicted octanol–water partition coefficient (Wildman–Crippen LogP) is 3.03. The molecule has 26 heavy (non-hydrogen) atoms. The summed E-state index contributed by atoms with van der Waals surface area (Å²) in [5.74, 6) is -6.76. The van der Waals surface area contributed by atoms with E-state index in [2.05, 4.69) is 10.3 Å². The van der Waals surface area contributed by atoms with Gasteiger partial charge in [-0.1, -0.05) is 12.1 Å². The molecule has 1 aliphatic heterocycles. The van der Waals surface area contributed by atoms with Crippen LogP contribution in [0.2, 0.25) is 0 Å². The number of sulfonamides is 1. The summed E-state index contributed by atoms with van der Waals surface area (Å²) in [5.41, 5.74) is -0.495. The van der Waals surface area contributed by atoms with Crippen LogP contribution in [0, 0.1) is 23.5 Å². The molecule has 1 aliphatic rings. The third kappa shape index (κ3) is 3.51. The molecule has 0 radical (unpaired) electrons. The predicted molar refractivity (Wildman–Crippen MR) is 85.8 cm³/mol. The zero-order valence-corrected chi connectivity index (χ0v) is 14.3. The number of nitrogens with zero attached hydrogens (tertiary/aromatic N) is 2. The van der Waals surface area contributed by atoms with Crippen molar-refractivity contribution in [2.24, 2.45) is 0 Å². The lowest BCUT2D eigenvalue weighted by molar-refractivity contribution is 0.410. The second-order valence-electron chi connectivity index (χ2n) is 5.81. The van der Waals surface area contributed by atoms with Crippen molar-refractivity contribution in [1.82, 2.24) is 9.29 Å². The fraction of sp³-hybridized carbons (Fsp3) is 0.312. The van der Waals surface area contributed by atoms with Crippen molar-refractivity contribution in [1.29, 1.82) is 0 Å². The van der Waals surface area contributed by atoms with Crippen LogP contribution >= 0.6 is 0 Å². The van der Waals surface area contributed by atoms with E-state index in [4.69, 9.17) is 0 Å². The van der Waals surface area contributed by atoms with Crippen LogP contribution in [0.1, 0.15) is 18.4 Å². The van der Waals surface area contributed by atoms with E-state index >= 15 is 0 Å². The number of hydrogen-bond acceptors (Lipinski definition) is 4. The summed E-state index contributed by atoms with van der Waals surface area (Å²) in [6.07, 6.45) is 1.63. The fourth-order valence-electron chi connectivity index (χ4n) is 2.69. The van der Waals surface area contributed by atoms with Crippen molar-refractivity contribution in [2.45, 2.75) is 24.3 Å². The number of pyridine rings is 1. The maximum Gasteiger partial charge on any atom is 0.253 e. The normalized spacial score (nSPS) is 15.4. The van der Waals surface area contributed by atoms with Gasteiger partial charge in [-0.3, -0.25) is 0 Å². The van der Waals surface area contributed by atoms with Gasteiger partial charge in [-0.15, -0.1) is 0 Å². The Balaban J connectivity index is 1.75. The number of halogens is 4. The van der Waals surface area contributed by atoms with Crippen LogP contribution in [0.15, 0.2) is 29.2 Å². The van der Waals surface area contributed by atoms with Crippen LogP contribution in [0.3, 0.4) is 0 Å². The maximum atomic E-state index is 13.5. The highest BCUT2D eigenvalue weighted by atomic mass is 32.2. The van der Waals surface area contributed by atoms with E-state index in [0.717, 1.165) is 12.8 Å². The van der Waals surface area contributed by atoms with Crippen molar-refractivity contribution >= 4 is 15.7 Å². The summed E-state index contributed by atoms with van der Waals surface area (Å²) >= 11 is 0. The molecule has 0 saturated carbocycles. The van der Waals surface area contributed by atoms with Gasteiger partial charge >= 0.3 is 0 Å². The molecule has 3 rings (SSSR count). The number of rotatable bonds is 5. The van der Waals surface area contributed by atoms with Gasteiger partial charge in [0.2, 0.25) is 21.7 Å². The molecule has 5 nitrogen and oxygen atoms in total. The standard InChI is InChI=1S/C16H15F4N3O2S/c17-12-14(13(18)16(20)22-15(12)19)21-9-10-3-5-11(6-4-10)26(24,25)23-7-1-2-8-23/h3-6H,1-2,7-9H2,(H,21,22). The Bertz CT molecular complexity index is 888. The van der Waals surface area contributed by atoms with Crippen molar-refractivity contribution in [3.8, 4) is 0 Å². The first-order valence-corrected chi connectivity index (χ1v) is 9.27. The number of aromatic nitrogens is 1. The number of anilines is 1. The molecule has 0 amide bonds. The first-order chi connectivity index (χ1) is 12.3. The molecule has 1 saturated heterocycles. The van der Waals surface area contributed by atoms with Crippen molar-refractivity contribution in [2.75, 3.05) is 18.4 Å². The van der Waals surface area contributed by atoms with E-state index in [1.54, 1.807) is 0 Å². The molecule has 0 spiro atoms.